The maximum Gasteiger partial charge on any atom is 0.128 e. The first-order valence-corrected chi connectivity index (χ1v) is 8.01. The lowest BCUT2D eigenvalue weighted by molar-refractivity contribution is 0.258. The number of anilines is 1. The molecule has 1 aliphatic heterocycles. The van der Waals surface area contributed by atoms with Gasteiger partial charge in [0.1, 0.15) is 5.82 Å². The molecule has 20 heavy (non-hydrogen) atoms. The van der Waals surface area contributed by atoms with Gasteiger partial charge < -0.3 is 10.2 Å². The zero-order valence-corrected chi connectivity index (χ0v) is 12.5. The van der Waals surface area contributed by atoms with Crippen molar-refractivity contribution in [2.24, 2.45) is 0 Å². The van der Waals surface area contributed by atoms with Gasteiger partial charge in [-0.3, -0.25) is 4.90 Å². The Balaban J connectivity index is 1.49. The predicted molar refractivity (Wildman–Crippen MR) is 83.0 cm³/mol. The molecule has 0 atom stereocenters. The van der Waals surface area contributed by atoms with E-state index in [9.17, 15) is 0 Å². The summed E-state index contributed by atoms with van der Waals surface area (Å²) in [5.74, 6) is 1.14. The molecule has 4 nitrogen and oxygen atoms in total. The fourth-order valence-electron chi connectivity index (χ4n) is 2.77. The zero-order chi connectivity index (χ0) is 13.8. The predicted octanol–water partition coefficient (Wildman–Crippen LogP) is 1.87. The van der Waals surface area contributed by atoms with Crippen molar-refractivity contribution in [2.75, 3.05) is 37.6 Å². The van der Waals surface area contributed by atoms with Crippen LogP contribution in [-0.4, -0.2) is 48.6 Å². The van der Waals surface area contributed by atoms with Crippen molar-refractivity contribution in [3.05, 3.63) is 23.9 Å². The number of piperazine rings is 1. The third kappa shape index (κ3) is 3.70. The minimum Gasteiger partial charge on any atom is -0.354 e. The van der Waals surface area contributed by atoms with Gasteiger partial charge in [0, 0.05) is 45.0 Å². The quantitative estimate of drug-likeness (QED) is 0.858. The number of hydrogen-bond donors (Lipinski definition) is 1. The highest BCUT2D eigenvalue weighted by molar-refractivity contribution is 5.39. The molecule has 1 saturated carbocycles. The highest BCUT2D eigenvalue weighted by Crippen LogP contribution is 2.19. The van der Waals surface area contributed by atoms with Crippen molar-refractivity contribution in [3.63, 3.8) is 0 Å². The third-order valence-corrected chi connectivity index (χ3v) is 4.22. The van der Waals surface area contributed by atoms with Gasteiger partial charge in [0.05, 0.1) is 0 Å². The third-order valence-electron chi connectivity index (χ3n) is 4.22. The Bertz CT molecular complexity index is 405. The molecule has 0 aromatic carbocycles. The van der Waals surface area contributed by atoms with Crippen molar-refractivity contribution >= 4 is 5.82 Å². The topological polar surface area (TPSA) is 31.4 Å². The molecule has 0 bridgehead atoms. The molecule has 2 aliphatic rings. The average molecular weight is 274 g/mol. The summed E-state index contributed by atoms with van der Waals surface area (Å²) in [5.41, 5.74) is 1.30. The van der Waals surface area contributed by atoms with Crippen LogP contribution in [-0.2, 0) is 6.54 Å². The Labute approximate surface area is 122 Å². The molecular weight excluding hydrogens is 248 g/mol. The molecule has 1 aromatic rings. The summed E-state index contributed by atoms with van der Waals surface area (Å²) in [5, 5.41) is 3.53. The van der Waals surface area contributed by atoms with Gasteiger partial charge in [-0.2, -0.15) is 0 Å². The van der Waals surface area contributed by atoms with Gasteiger partial charge in [0.2, 0.25) is 0 Å². The molecule has 0 spiro atoms. The van der Waals surface area contributed by atoms with Crippen LogP contribution >= 0.6 is 0 Å². The normalized spacial score (nSPS) is 20.4. The van der Waals surface area contributed by atoms with Gasteiger partial charge in [-0.15, -0.1) is 0 Å². The number of nitrogens with one attached hydrogen (secondary N) is 1. The molecule has 4 heteroatoms. The lowest BCUT2D eigenvalue weighted by atomic mass is 10.2. The zero-order valence-electron chi connectivity index (χ0n) is 12.5. The number of pyridine rings is 1. The highest BCUT2D eigenvalue weighted by atomic mass is 15.3. The summed E-state index contributed by atoms with van der Waals surface area (Å²) in [4.78, 5) is 9.59. The fraction of sp³-hybridized carbons (Fsp3) is 0.688. The SMILES string of the molecule is CCCN1CCN(c2ccc(CNC3CC3)cn2)CC1. The van der Waals surface area contributed by atoms with Crippen LogP contribution < -0.4 is 10.2 Å². The molecule has 1 aromatic heterocycles. The average Bonchev–Trinajstić information content (AvgIpc) is 3.31. The van der Waals surface area contributed by atoms with E-state index < -0.39 is 0 Å². The van der Waals surface area contributed by atoms with E-state index in [1.54, 1.807) is 0 Å². The number of rotatable bonds is 6. The molecule has 2 fully saturated rings. The Morgan fingerprint density at radius 2 is 2.00 bits per heavy atom. The van der Waals surface area contributed by atoms with Crippen molar-refractivity contribution in [3.8, 4) is 0 Å². The van der Waals surface area contributed by atoms with Crippen LogP contribution in [0.2, 0.25) is 0 Å². The summed E-state index contributed by atoms with van der Waals surface area (Å²) in [6.45, 7) is 8.98. The smallest absolute Gasteiger partial charge is 0.128 e. The summed E-state index contributed by atoms with van der Waals surface area (Å²) >= 11 is 0. The van der Waals surface area contributed by atoms with Crippen LogP contribution in [0.5, 0.6) is 0 Å². The molecular formula is C16H26N4. The molecule has 3 rings (SSSR count). The van der Waals surface area contributed by atoms with Crippen LogP contribution in [0.1, 0.15) is 31.7 Å². The first-order valence-electron chi connectivity index (χ1n) is 8.01. The Morgan fingerprint density at radius 3 is 2.60 bits per heavy atom. The minimum atomic E-state index is 0.765. The van der Waals surface area contributed by atoms with E-state index in [4.69, 9.17) is 0 Å². The van der Waals surface area contributed by atoms with Crippen LogP contribution in [0.25, 0.3) is 0 Å². The van der Waals surface area contributed by atoms with Crippen LogP contribution in [0.15, 0.2) is 18.3 Å². The molecule has 0 amide bonds. The van der Waals surface area contributed by atoms with E-state index in [1.807, 2.05) is 6.20 Å². The van der Waals surface area contributed by atoms with E-state index in [1.165, 1.54) is 44.5 Å². The van der Waals surface area contributed by atoms with Gasteiger partial charge in [-0.25, -0.2) is 4.98 Å². The molecule has 0 unspecified atom stereocenters. The second-order valence-electron chi connectivity index (χ2n) is 6.01. The second-order valence-corrected chi connectivity index (χ2v) is 6.01. The van der Waals surface area contributed by atoms with Crippen LogP contribution in [0.4, 0.5) is 5.82 Å². The molecule has 1 aliphatic carbocycles. The van der Waals surface area contributed by atoms with Gasteiger partial charge in [0.25, 0.3) is 0 Å². The minimum absolute atomic E-state index is 0.765. The van der Waals surface area contributed by atoms with E-state index in [-0.39, 0.29) is 0 Å². The van der Waals surface area contributed by atoms with Crippen molar-refractivity contribution in [1.82, 2.24) is 15.2 Å². The van der Waals surface area contributed by atoms with Crippen molar-refractivity contribution in [1.29, 1.82) is 0 Å². The van der Waals surface area contributed by atoms with Crippen molar-refractivity contribution < 1.29 is 0 Å². The monoisotopic (exact) mass is 274 g/mol. The summed E-state index contributed by atoms with van der Waals surface area (Å²) in [6.07, 6.45) is 5.96. The first-order chi connectivity index (χ1) is 9.85. The van der Waals surface area contributed by atoms with Crippen LogP contribution in [0.3, 0.4) is 0 Å². The number of aromatic nitrogens is 1. The lowest BCUT2D eigenvalue weighted by Gasteiger charge is -2.35. The van der Waals surface area contributed by atoms with Crippen molar-refractivity contribution in [2.45, 2.75) is 38.8 Å². The number of nitrogens with zero attached hydrogens (tertiary/aromatic N) is 3. The summed E-state index contributed by atoms with van der Waals surface area (Å²) in [6, 6.07) is 5.16. The highest BCUT2D eigenvalue weighted by Gasteiger charge is 2.20. The second kappa shape index (κ2) is 6.55. The van der Waals surface area contributed by atoms with Gasteiger partial charge in [-0.05, 0) is 37.4 Å². The Morgan fingerprint density at radius 1 is 1.20 bits per heavy atom. The van der Waals surface area contributed by atoms with Gasteiger partial charge in [0.15, 0.2) is 0 Å². The van der Waals surface area contributed by atoms with E-state index >= 15 is 0 Å². The van der Waals surface area contributed by atoms with E-state index in [2.05, 4.69) is 39.2 Å². The standard InChI is InChI=1S/C16H26N4/c1-2-7-19-8-10-20(11-9-19)16-6-3-14(13-18-16)12-17-15-4-5-15/h3,6,13,15,17H,2,4-5,7-12H2,1H3. The molecule has 110 valence electrons. The Kier molecular flexibility index (Phi) is 4.53. The lowest BCUT2D eigenvalue weighted by Crippen LogP contribution is -2.46. The Hall–Kier alpha value is -1.13. The van der Waals surface area contributed by atoms with E-state index in [0.29, 0.717) is 0 Å². The molecule has 2 heterocycles. The summed E-state index contributed by atoms with van der Waals surface area (Å²) in [7, 11) is 0. The maximum absolute atomic E-state index is 4.64. The fourth-order valence-corrected chi connectivity index (χ4v) is 2.77. The summed E-state index contributed by atoms with van der Waals surface area (Å²) < 4.78 is 0. The first kappa shape index (κ1) is 13.8. The molecule has 1 saturated heterocycles. The van der Waals surface area contributed by atoms with Gasteiger partial charge in [-0.1, -0.05) is 13.0 Å². The molecule has 0 radical (unpaired) electrons. The molecule has 1 N–H and O–H groups in total. The van der Waals surface area contributed by atoms with E-state index in [0.717, 1.165) is 31.5 Å². The van der Waals surface area contributed by atoms with Gasteiger partial charge >= 0.3 is 0 Å². The maximum atomic E-state index is 4.64. The van der Waals surface area contributed by atoms with Crippen LogP contribution in [0, 0.1) is 0 Å². The number of hydrogen-bond acceptors (Lipinski definition) is 4. The largest absolute Gasteiger partial charge is 0.354 e.